The first-order valence-corrected chi connectivity index (χ1v) is 3.39. The minimum Gasteiger partial charge on any atom is -0.294 e. The van der Waals surface area contributed by atoms with Crippen LogP contribution in [0.4, 0.5) is 0 Å². The molecule has 0 fully saturated rings. The molecule has 1 aromatic carbocycles. The van der Waals surface area contributed by atoms with E-state index < -0.39 is 0 Å². The zero-order valence-corrected chi connectivity index (χ0v) is 6.44. The van der Waals surface area contributed by atoms with E-state index in [1.807, 2.05) is 12.1 Å². The van der Waals surface area contributed by atoms with E-state index in [-0.39, 0.29) is 5.78 Å². The monoisotopic (exact) mass is 151 g/mol. The second-order valence-electron chi connectivity index (χ2n) is 2.05. The lowest BCUT2D eigenvalue weighted by Crippen LogP contribution is -1.91. The van der Waals surface area contributed by atoms with Crippen molar-refractivity contribution in [1.82, 2.24) is 0 Å². The molecule has 0 saturated carbocycles. The van der Waals surface area contributed by atoms with Gasteiger partial charge in [0.25, 0.3) is 0 Å². The molecule has 1 aromatic rings. The normalized spacial score (nSPS) is 9.30. The summed E-state index contributed by atoms with van der Waals surface area (Å²) in [5.41, 5.74) is 0.637. The molecule has 0 heterocycles. The first-order valence-electron chi connectivity index (χ1n) is 2.99. The van der Waals surface area contributed by atoms with Crippen molar-refractivity contribution in [3.05, 3.63) is 29.8 Å². The molecule has 51 valence electrons. The second kappa shape index (κ2) is 2.80. The van der Waals surface area contributed by atoms with Crippen LogP contribution >= 0.6 is 12.6 Å². The van der Waals surface area contributed by atoms with E-state index in [1.54, 1.807) is 12.1 Å². The van der Waals surface area contributed by atoms with E-state index in [0.717, 1.165) is 0 Å². The minimum absolute atomic E-state index is 0.0330. The third-order valence-corrected chi connectivity index (χ3v) is 1.62. The summed E-state index contributed by atoms with van der Waals surface area (Å²) in [4.78, 5) is 11.4. The number of hydrogen-bond donors (Lipinski definition) is 0. The molecule has 0 N–H and O–H groups in total. The molecule has 0 saturated heterocycles. The minimum atomic E-state index is 0.0330. The quantitative estimate of drug-likeness (QED) is 0.563. The molecule has 1 radical (unpaired) electrons. The van der Waals surface area contributed by atoms with Crippen LogP contribution in [0.15, 0.2) is 29.2 Å². The van der Waals surface area contributed by atoms with Crippen LogP contribution in [-0.4, -0.2) is 5.78 Å². The predicted octanol–water partition coefficient (Wildman–Crippen LogP) is 2.45. The van der Waals surface area contributed by atoms with Crippen molar-refractivity contribution in [2.24, 2.45) is 0 Å². The van der Waals surface area contributed by atoms with Crippen LogP contribution in [-0.2, 0) is 0 Å². The van der Waals surface area contributed by atoms with Gasteiger partial charge < -0.3 is 0 Å². The smallest absolute Gasteiger partial charge is 0.161 e. The summed E-state index contributed by atoms with van der Waals surface area (Å²) in [7, 11) is 0. The Morgan fingerprint density at radius 2 is 2.00 bits per heavy atom. The van der Waals surface area contributed by atoms with E-state index >= 15 is 0 Å². The largest absolute Gasteiger partial charge is 0.294 e. The van der Waals surface area contributed by atoms with Gasteiger partial charge in [-0.3, -0.25) is 4.79 Å². The van der Waals surface area contributed by atoms with Crippen LogP contribution in [0, 0.1) is 0 Å². The number of benzene rings is 1. The lowest BCUT2D eigenvalue weighted by atomic mass is 10.1. The zero-order chi connectivity index (χ0) is 7.56. The Hall–Kier alpha value is -0.890. The molecular weight excluding hydrogens is 144 g/mol. The van der Waals surface area contributed by atoms with Gasteiger partial charge in [0.05, 0.1) is 0 Å². The Labute approximate surface area is 65.5 Å². The summed E-state index contributed by atoms with van der Waals surface area (Å²) in [6.45, 7) is 1.52. The maximum absolute atomic E-state index is 10.8. The lowest BCUT2D eigenvalue weighted by Gasteiger charge is -1.95. The summed E-state index contributed by atoms with van der Waals surface area (Å²) in [5, 5.41) is 0. The molecule has 0 unspecified atom stereocenters. The van der Waals surface area contributed by atoms with Crippen LogP contribution in [0.1, 0.15) is 17.3 Å². The van der Waals surface area contributed by atoms with Gasteiger partial charge in [-0.1, -0.05) is 24.8 Å². The summed E-state index contributed by atoms with van der Waals surface area (Å²) in [6.07, 6.45) is 0. The number of Topliss-reactive ketones (excluding diaryl/α,β-unsaturated/α-hetero) is 1. The lowest BCUT2D eigenvalue weighted by molar-refractivity contribution is 0.101. The van der Waals surface area contributed by atoms with Gasteiger partial charge in [0.1, 0.15) is 0 Å². The highest BCUT2D eigenvalue weighted by atomic mass is 32.1. The van der Waals surface area contributed by atoms with Gasteiger partial charge in [0.2, 0.25) is 0 Å². The molecule has 0 aromatic heterocycles. The predicted molar refractivity (Wildman–Crippen MR) is 42.3 cm³/mol. The fourth-order valence-electron chi connectivity index (χ4n) is 0.757. The second-order valence-corrected chi connectivity index (χ2v) is 2.49. The van der Waals surface area contributed by atoms with Gasteiger partial charge in [-0.25, -0.2) is 0 Å². The zero-order valence-electron chi connectivity index (χ0n) is 5.63. The Kier molecular flexibility index (Phi) is 2.02. The van der Waals surface area contributed by atoms with Crippen molar-refractivity contribution in [2.75, 3.05) is 0 Å². The molecule has 0 aliphatic carbocycles. The number of carbonyl (C=O) groups is 1. The molecule has 2 heteroatoms. The van der Waals surface area contributed by atoms with Gasteiger partial charge in [-0.15, -0.1) is 0 Å². The molecule has 0 spiro atoms. The van der Waals surface area contributed by atoms with Crippen molar-refractivity contribution in [3.8, 4) is 0 Å². The van der Waals surface area contributed by atoms with Gasteiger partial charge in [0.15, 0.2) is 5.78 Å². The average molecular weight is 151 g/mol. The Morgan fingerprint density at radius 3 is 2.40 bits per heavy atom. The Bertz CT molecular complexity index is 255. The van der Waals surface area contributed by atoms with Crippen LogP contribution in [0.5, 0.6) is 0 Å². The molecule has 0 atom stereocenters. The molecule has 0 bridgehead atoms. The van der Waals surface area contributed by atoms with Gasteiger partial charge in [0, 0.05) is 10.5 Å². The van der Waals surface area contributed by atoms with Crippen molar-refractivity contribution in [2.45, 2.75) is 11.8 Å². The highest BCUT2D eigenvalue weighted by Gasteiger charge is 2.01. The van der Waals surface area contributed by atoms with Gasteiger partial charge >= 0.3 is 0 Å². The first-order chi connectivity index (χ1) is 4.72. The van der Waals surface area contributed by atoms with Crippen LogP contribution in [0.2, 0.25) is 0 Å². The Balaban J connectivity index is 3.15. The number of hydrogen-bond acceptors (Lipinski definition) is 1. The Morgan fingerprint density at radius 1 is 1.40 bits per heavy atom. The van der Waals surface area contributed by atoms with Crippen molar-refractivity contribution >= 4 is 18.4 Å². The van der Waals surface area contributed by atoms with E-state index in [4.69, 9.17) is 12.6 Å². The van der Waals surface area contributed by atoms with E-state index in [1.165, 1.54) is 6.92 Å². The molecule has 0 aliphatic rings. The molecule has 1 nitrogen and oxygen atoms in total. The molecule has 10 heavy (non-hydrogen) atoms. The SMILES string of the molecule is CC(=O)c1ccccc1[S]. The first kappa shape index (κ1) is 7.22. The van der Waals surface area contributed by atoms with Crippen LogP contribution in [0.3, 0.4) is 0 Å². The van der Waals surface area contributed by atoms with Crippen molar-refractivity contribution in [3.63, 3.8) is 0 Å². The fourth-order valence-corrected chi connectivity index (χ4v) is 1.05. The van der Waals surface area contributed by atoms with Crippen LogP contribution in [0.25, 0.3) is 0 Å². The third-order valence-electron chi connectivity index (χ3n) is 1.27. The molecule has 0 aliphatic heterocycles. The van der Waals surface area contributed by atoms with E-state index in [9.17, 15) is 4.79 Å². The standard InChI is InChI=1S/C8H7OS/c1-6(9)7-4-2-3-5-8(7)10/h2-5H,1H3. The summed E-state index contributed by atoms with van der Waals surface area (Å²) in [5.74, 6) is 0.0330. The number of ketones is 1. The topological polar surface area (TPSA) is 17.1 Å². The van der Waals surface area contributed by atoms with Gasteiger partial charge in [-0.05, 0) is 19.1 Å². The van der Waals surface area contributed by atoms with Crippen LogP contribution < -0.4 is 0 Å². The summed E-state index contributed by atoms with van der Waals surface area (Å²) in [6, 6.07) is 7.14. The van der Waals surface area contributed by atoms with E-state index in [2.05, 4.69) is 0 Å². The van der Waals surface area contributed by atoms with Gasteiger partial charge in [-0.2, -0.15) is 0 Å². The molecular formula is C8H7OS. The summed E-state index contributed by atoms with van der Waals surface area (Å²) >= 11 is 4.91. The number of rotatable bonds is 1. The molecule has 1 rings (SSSR count). The maximum atomic E-state index is 10.8. The fraction of sp³-hybridized carbons (Fsp3) is 0.125. The maximum Gasteiger partial charge on any atom is 0.161 e. The van der Waals surface area contributed by atoms with Crippen molar-refractivity contribution < 1.29 is 4.79 Å². The van der Waals surface area contributed by atoms with E-state index in [0.29, 0.717) is 10.5 Å². The molecule has 0 amide bonds. The highest BCUT2D eigenvalue weighted by Crippen LogP contribution is 2.12. The number of carbonyl (C=O) groups excluding carboxylic acids is 1. The average Bonchev–Trinajstić information content (AvgIpc) is 1.88. The third kappa shape index (κ3) is 1.33. The van der Waals surface area contributed by atoms with Crippen molar-refractivity contribution in [1.29, 1.82) is 0 Å². The highest BCUT2D eigenvalue weighted by molar-refractivity contribution is 7.80. The summed E-state index contributed by atoms with van der Waals surface area (Å²) < 4.78 is 0.